The number of nitrogens with zero attached hydrogens (tertiary/aromatic N) is 1. The van der Waals surface area contributed by atoms with Crippen molar-refractivity contribution >= 4 is 33.6 Å². The molecule has 0 fully saturated rings. The van der Waals surface area contributed by atoms with E-state index in [1.807, 2.05) is 0 Å². The highest BCUT2D eigenvalue weighted by Gasteiger charge is 2.45. The second-order valence-corrected chi connectivity index (χ2v) is 7.95. The summed E-state index contributed by atoms with van der Waals surface area (Å²) >= 11 is 8.90. The van der Waals surface area contributed by atoms with Crippen molar-refractivity contribution < 1.29 is 14.5 Å². The average molecular weight is 394 g/mol. The number of benzene rings is 1. The summed E-state index contributed by atoms with van der Waals surface area (Å²) in [5.74, 6) is 0. The van der Waals surface area contributed by atoms with Gasteiger partial charge in [-0.3, -0.25) is 10.1 Å². The van der Waals surface area contributed by atoms with E-state index in [1.54, 1.807) is 45.0 Å². The number of hydrogen-bond donors (Lipinski definition) is 1. The maximum absolute atomic E-state index is 12.0. The van der Waals surface area contributed by atoms with Gasteiger partial charge in [-0.15, -0.1) is 0 Å². The highest BCUT2D eigenvalue weighted by Crippen LogP contribution is 2.34. The maximum atomic E-state index is 12.0. The van der Waals surface area contributed by atoms with Crippen molar-refractivity contribution in [3.05, 3.63) is 45.0 Å². The van der Waals surface area contributed by atoms with Crippen LogP contribution in [0.4, 0.5) is 4.79 Å². The highest BCUT2D eigenvalue weighted by molar-refractivity contribution is 9.10. The molecular formula is C14H18BrClN2O4. The van der Waals surface area contributed by atoms with Crippen LogP contribution in [0.2, 0.25) is 5.02 Å². The van der Waals surface area contributed by atoms with E-state index < -0.39 is 27.1 Å². The van der Waals surface area contributed by atoms with Gasteiger partial charge >= 0.3 is 6.09 Å². The van der Waals surface area contributed by atoms with Crippen LogP contribution in [0, 0.1) is 10.1 Å². The first-order chi connectivity index (χ1) is 9.93. The van der Waals surface area contributed by atoms with Crippen molar-refractivity contribution in [1.29, 1.82) is 0 Å². The number of carbonyl (C=O) groups excluding carboxylic acids is 1. The van der Waals surface area contributed by atoms with Gasteiger partial charge in [0, 0.05) is 32.8 Å². The van der Waals surface area contributed by atoms with Gasteiger partial charge in [0.1, 0.15) is 11.6 Å². The fraction of sp³-hybridized carbons (Fsp3) is 0.500. The molecule has 0 unspecified atom stereocenters. The lowest BCUT2D eigenvalue weighted by atomic mass is 10.0. The molecule has 1 N–H and O–H groups in total. The minimum absolute atomic E-state index is 0.497. The molecule has 1 aromatic rings. The van der Waals surface area contributed by atoms with Crippen LogP contribution in [-0.4, -0.2) is 21.1 Å². The Balaban J connectivity index is 3.10. The van der Waals surface area contributed by atoms with Gasteiger partial charge in [0.15, 0.2) is 0 Å². The van der Waals surface area contributed by atoms with Crippen molar-refractivity contribution in [3.63, 3.8) is 0 Å². The van der Waals surface area contributed by atoms with Gasteiger partial charge in [-0.2, -0.15) is 0 Å². The molecule has 6 nitrogen and oxygen atoms in total. The number of nitrogens with one attached hydrogen (secondary N) is 1. The van der Waals surface area contributed by atoms with Crippen molar-refractivity contribution in [2.24, 2.45) is 0 Å². The molecule has 0 aliphatic carbocycles. The fourth-order valence-electron chi connectivity index (χ4n) is 1.71. The highest BCUT2D eigenvalue weighted by atomic mass is 79.9. The smallest absolute Gasteiger partial charge is 0.408 e. The molecule has 0 aliphatic rings. The molecule has 1 aromatic carbocycles. The summed E-state index contributed by atoms with van der Waals surface area (Å²) in [6.45, 7) is 6.50. The molecule has 0 heterocycles. The van der Waals surface area contributed by atoms with Gasteiger partial charge in [0.05, 0.1) is 0 Å². The molecule has 1 amide bonds. The van der Waals surface area contributed by atoms with Crippen LogP contribution >= 0.6 is 27.5 Å². The molecule has 2 atom stereocenters. The summed E-state index contributed by atoms with van der Waals surface area (Å²) in [4.78, 5) is 22.8. The van der Waals surface area contributed by atoms with Crippen LogP contribution in [0.25, 0.3) is 0 Å². The number of amides is 1. The Morgan fingerprint density at radius 1 is 1.32 bits per heavy atom. The Kier molecular flexibility index (Phi) is 5.81. The molecule has 0 bridgehead atoms. The third kappa shape index (κ3) is 5.14. The topological polar surface area (TPSA) is 81.5 Å². The zero-order valence-electron chi connectivity index (χ0n) is 12.7. The van der Waals surface area contributed by atoms with Gasteiger partial charge in [-0.1, -0.05) is 23.7 Å². The van der Waals surface area contributed by atoms with Gasteiger partial charge < -0.3 is 10.1 Å². The summed E-state index contributed by atoms with van der Waals surface area (Å²) in [6, 6.07) is 5.50. The van der Waals surface area contributed by atoms with Gasteiger partial charge in [-0.05, 0) is 38.5 Å². The maximum Gasteiger partial charge on any atom is 0.408 e. The number of nitro groups is 1. The molecule has 8 heteroatoms. The van der Waals surface area contributed by atoms with E-state index in [0.29, 0.717) is 10.6 Å². The normalized spacial score (nSPS) is 15.5. The number of alkyl carbamates (subject to hydrolysis) is 1. The Morgan fingerprint density at radius 3 is 2.23 bits per heavy atom. The van der Waals surface area contributed by atoms with Crippen molar-refractivity contribution in [2.45, 2.75) is 43.8 Å². The van der Waals surface area contributed by atoms with Crippen LogP contribution in [0.15, 0.2) is 24.3 Å². The largest absolute Gasteiger partial charge is 0.444 e. The predicted octanol–water partition coefficient (Wildman–Crippen LogP) is 4.29. The van der Waals surface area contributed by atoms with Crippen LogP contribution < -0.4 is 5.32 Å². The molecule has 0 aliphatic heterocycles. The Bertz CT molecular complexity index is 555. The minimum atomic E-state index is -1.60. The quantitative estimate of drug-likeness (QED) is 0.358. The Morgan fingerprint density at radius 2 is 1.82 bits per heavy atom. The van der Waals surface area contributed by atoms with Crippen LogP contribution in [-0.2, 0) is 4.74 Å². The van der Waals surface area contributed by atoms with E-state index in [2.05, 4.69) is 21.2 Å². The molecule has 0 aromatic heterocycles. The Hall–Kier alpha value is -1.34. The van der Waals surface area contributed by atoms with Crippen LogP contribution in [0.5, 0.6) is 0 Å². The summed E-state index contributed by atoms with van der Waals surface area (Å²) in [7, 11) is 0. The first-order valence-corrected chi connectivity index (χ1v) is 7.69. The molecule has 0 saturated carbocycles. The first-order valence-electron chi connectivity index (χ1n) is 6.52. The second-order valence-electron chi connectivity index (χ2n) is 5.91. The first kappa shape index (κ1) is 18.7. The number of alkyl halides is 1. The Labute approximate surface area is 142 Å². The number of ether oxygens (including phenoxy) is 1. The summed E-state index contributed by atoms with van der Waals surface area (Å²) < 4.78 is 3.57. The van der Waals surface area contributed by atoms with Gasteiger partial charge in [0.25, 0.3) is 4.45 Å². The number of halogens is 2. The molecule has 1 rings (SSSR count). The molecule has 0 radical (unpaired) electrons. The number of carbonyl (C=O) groups is 1. The molecule has 22 heavy (non-hydrogen) atoms. The SMILES string of the molecule is CC(C)(C)OC(=O)N[C@@H](c1ccc(Cl)cc1)[C@](C)(Br)[N+](=O)[O-]. The summed E-state index contributed by atoms with van der Waals surface area (Å²) in [5, 5.41) is 14.3. The molecule has 0 saturated heterocycles. The molecule has 122 valence electrons. The third-order valence-corrected chi connectivity index (χ3v) is 3.75. The predicted molar refractivity (Wildman–Crippen MR) is 87.9 cm³/mol. The average Bonchev–Trinajstić information content (AvgIpc) is 2.34. The zero-order chi connectivity index (χ0) is 17.1. The molecular weight excluding hydrogens is 376 g/mol. The zero-order valence-corrected chi connectivity index (χ0v) is 15.1. The lowest BCUT2D eigenvalue weighted by molar-refractivity contribution is -0.536. The van der Waals surface area contributed by atoms with E-state index >= 15 is 0 Å². The van der Waals surface area contributed by atoms with Crippen molar-refractivity contribution in [1.82, 2.24) is 5.32 Å². The summed E-state index contributed by atoms with van der Waals surface area (Å²) in [6.07, 6.45) is -0.736. The lowest BCUT2D eigenvalue weighted by Crippen LogP contribution is -2.46. The van der Waals surface area contributed by atoms with Gasteiger partial charge in [-0.25, -0.2) is 4.79 Å². The standard InChI is InChI=1S/C14H18BrClN2O4/c1-13(2,3)22-12(19)17-11(14(4,15)18(20)21)9-5-7-10(16)8-6-9/h5-8,11H,1-4H3,(H,17,19)/t11-,14+/m0/s1. The van der Waals surface area contributed by atoms with Crippen molar-refractivity contribution in [3.8, 4) is 0 Å². The second kappa shape index (κ2) is 6.83. The van der Waals surface area contributed by atoms with E-state index in [-0.39, 0.29) is 0 Å². The van der Waals surface area contributed by atoms with Gasteiger partial charge in [0.2, 0.25) is 0 Å². The van der Waals surface area contributed by atoms with Crippen LogP contribution in [0.3, 0.4) is 0 Å². The number of hydrogen-bond acceptors (Lipinski definition) is 4. The van der Waals surface area contributed by atoms with E-state index in [0.717, 1.165) is 0 Å². The van der Waals surface area contributed by atoms with E-state index in [4.69, 9.17) is 16.3 Å². The third-order valence-electron chi connectivity index (χ3n) is 2.75. The van der Waals surface area contributed by atoms with E-state index in [9.17, 15) is 14.9 Å². The summed E-state index contributed by atoms with van der Waals surface area (Å²) in [5.41, 5.74) is -0.169. The van der Waals surface area contributed by atoms with Crippen LogP contribution in [0.1, 0.15) is 39.3 Å². The van der Waals surface area contributed by atoms with E-state index in [1.165, 1.54) is 6.92 Å². The molecule has 0 spiro atoms. The number of rotatable bonds is 4. The monoisotopic (exact) mass is 392 g/mol. The minimum Gasteiger partial charge on any atom is -0.444 e. The fourth-order valence-corrected chi connectivity index (χ4v) is 2.21. The van der Waals surface area contributed by atoms with Crippen molar-refractivity contribution in [2.75, 3.05) is 0 Å². The lowest BCUT2D eigenvalue weighted by Gasteiger charge is -2.28.